The number of carbonyl (C=O) groups is 1. The van der Waals surface area contributed by atoms with Crippen LogP contribution in [0.25, 0.3) is 0 Å². The van der Waals surface area contributed by atoms with Gasteiger partial charge in [0.05, 0.1) is 6.04 Å². The average Bonchev–Trinajstić information content (AvgIpc) is 3.16. The second-order valence-corrected chi connectivity index (χ2v) is 6.92. The van der Waals surface area contributed by atoms with Gasteiger partial charge in [-0.15, -0.1) is 11.3 Å². The summed E-state index contributed by atoms with van der Waals surface area (Å²) in [4.78, 5) is 13.8. The van der Waals surface area contributed by atoms with Crippen molar-refractivity contribution in [3.05, 3.63) is 88.1 Å². The molecule has 2 atom stereocenters. The minimum Gasteiger partial charge on any atom is -0.481 e. The zero-order valence-corrected chi connectivity index (χ0v) is 15.1. The highest BCUT2D eigenvalue weighted by Crippen LogP contribution is 2.26. The van der Waals surface area contributed by atoms with Gasteiger partial charge in [-0.25, -0.2) is 0 Å². The van der Waals surface area contributed by atoms with Crippen LogP contribution >= 0.6 is 11.3 Å². The van der Waals surface area contributed by atoms with Gasteiger partial charge in [-0.3, -0.25) is 4.79 Å². The number of nitrogens with one attached hydrogen (secondary N) is 1. The van der Waals surface area contributed by atoms with Crippen LogP contribution in [0, 0.1) is 6.92 Å². The molecule has 0 fully saturated rings. The van der Waals surface area contributed by atoms with Crippen molar-refractivity contribution in [3.8, 4) is 5.75 Å². The number of benzene rings is 2. The fraction of sp³-hybridized carbons (Fsp3) is 0.190. The molecule has 1 heterocycles. The molecule has 0 saturated heterocycles. The molecule has 1 N–H and O–H groups in total. The number of hydrogen-bond donors (Lipinski definition) is 1. The van der Waals surface area contributed by atoms with Gasteiger partial charge in [0.15, 0.2) is 6.10 Å². The van der Waals surface area contributed by atoms with Crippen molar-refractivity contribution in [1.82, 2.24) is 5.32 Å². The summed E-state index contributed by atoms with van der Waals surface area (Å²) < 4.78 is 5.78. The molecular weight excluding hydrogens is 330 g/mol. The molecule has 3 rings (SSSR count). The topological polar surface area (TPSA) is 38.3 Å². The van der Waals surface area contributed by atoms with Crippen LogP contribution in [-0.4, -0.2) is 12.0 Å². The van der Waals surface area contributed by atoms with Crippen LogP contribution in [0.3, 0.4) is 0 Å². The second-order valence-electron chi connectivity index (χ2n) is 5.94. The van der Waals surface area contributed by atoms with E-state index in [1.165, 1.54) is 0 Å². The lowest BCUT2D eigenvalue weighted by Gasteiger charge is -2.21. The fourth-order valence-corrected chi connectivity index (χ4v) is 3.36. The SMILES string of the molecule is Cc1ccc(O[C@H](C)C(=O)N[C@H](c2ccccc2)c2cccs2)cc1. The molecule has 0 unspecified atom stereocenters. The average molecular weight is 351 g/mol. The lowest BCUT2D eigenvalue weighted by Crippen LogP contribution is -2.38. The standard InChI is InChI=1S/C21H21NO2S/c1-15-10-12-18(13-11-15)24-16(2)21(23)22-20(19-9-6-14-25-19)17-7-4-3-5-8-17/h3-14,16,20H,1-2H3,(H,22,23)/t16-,20-/m1/s1. The lowest BCUT2D eigenvalue weighted by molar-refractivity contribution is -0.127. The Morgan fingerprint density at radius 3 is 2.36 bits per heavy atom. The van der Waals surface area contributed by atoms with Crippen LogP contribution in [0.1, 0.15) is 29.0 Å². The molecule has 4 heteroatoms. The third kappa shape index (κ3) is 4.48. The molecular formula is C21H21NO2S. The van der Waals surface area contributed by atoms with Gasteiger partial charge in [0.1, 0.15) is 5.75 Å². The van der Waals surface area contributed by atoms with Gasteiger partial charge in [0, 0.05) is 4.88 Å². The highest BCUT2D eigenvalue weighted by atomic mass is 32.1. The van der Waals surface area contributed by atoms with E-state index in [0.29, 0.717) is 5.75 Å². The smallest absolute Gasteiger partial charge is 0.261 e. The summed E-state index contributed by atoms with van der Waals surface area (Å²) in [5.74, 6) is 0.559. The van der Waals surface area contributed by atoms with Crippen molar-refractivity contribution in [2.24, 2.45) is 0 Å². The third-order valence-electron chi connectivity index (χ3n) is 3.95. The summed E-state index contributed by atoms with van der Waals surface area (Å²) in [6, 6.07) is 21.5. The molecule has 0 spiro atoms. The second kappa shape index (κ2) is 7.99. The Bertz CT molecular complexity index is 798. The zero-order chi connectivity index (χ0) is 17.6. The lowest BCUT2D eigenvalue weighted by atomic mass is 10.1. The van der Waals surface area contributed by atoms with Gasteiger partial charge < -0.3 is 10.1 Å². The molecule has 0 aliphatic rings. The summed E-state index contributed by atoms with van der Waals surface area (Å²) in [6.45, 7) is 3.79. The summed E-state index contributed by atoms with van der Waals surface area (Å²) in [5, 5.41) is 5.13. The van der Waals surface area contributed by atoms with Crippen molar-refractivity contribution < 1.29 is 9.53 Å². The van der Waals surface area contributed by atoms with Crippen molar-refractivity contribution in [2.75, 3.05) is 0 Å². The van der Waals surface area contributed by atoms with Crippen molar-refractivity contribution in [3.63, 3.8) is 0 Å². The molecule has 1 aromatic heterocycles. The van der Waals surface area contributed by atoms with Gasteiger partial charge >= 0.3 is 0 Å². The number of carbonyl (C=O) groups excluding carboxylic acids is 1. The maximum atomic E-state index is 12.7. The normalized spacial score (nSPS) is 13.0. The van der Waals surface area contributed by atoms with Crippen LogP contribution in [0.2, 0.25) is 0 Å². The van der Waals surface area contributed by atoms with Crippen LogP contribution in [0.5, 0.6) is 5.75 Å². The van der Waals surface area contributed by atoms with Crippen molar-refractivity contribution in [1.29, 1.82) is 0 Å². The number of aryl methyl sites for hydroxylation is 1. The first-order valence-corrected chi connectivity index (χ1v) is 9.13. The number of thiophene rings is 1. The Labute approximate surface area is 152 Å². The fourth-order valence-electron chi connectivity index (χ4n) is 2.55. The zero-order valence-electron chi connectivity index (χ0n) is 14.3. The van der Waals surface area contributed by atoms with Crippen molar-refractivity contribution >= 4 is 17.2 Å². The van der Waals surface area contributed by atoms with E-state index >= 15 is 0 Å². The molecule has 128 valence electrons. The van der Waals surface area contributed by atoms with Gasteiger partial charge in [0.2, 0.25) is 0 Å². The maximum Gasteiger partial charge on any atom is 0.261 e. The number of hydrogen-bond acceptors (Lipinski definition) is 3. The Morgan fingerprint density at radius 2 is 1.72 bits per heavy atom. The third-order valence-corrected chi connectivity index (χ3v) is 4.89. The molecule has 2 aromatic carbocycles. The first kappa shape index (κ1) is 17.2. The Balaban J connectivity index is 1.73. The number of ether oxygens (including phenoxy) is 1. The molecule has 0 bridgehead atoms. The van der Waals surface area contributed by atoms with E-state index < -0.39 is 6.10 Å². The summed E-state index contributed by atoms with van der Waals surface area (Å²) in [7, 11) is 0. The Hall–Kier alpha value is -2.59. The van der Waals surface area contributed by atoms with E-state index in [1.54, 1.807) is 18.3 Å². The Morgan fingerprint density at radius 1 is 1.00 bits per heavy atom. The van der Waals surface area contributed by atoms with Gasteiger partial charge in [-0.2, -0.15) is 0 Å². The Kier molecular flexibility index (Phi) is 5.51. The van der Waals surface area contributed by atoms with E-state index in [4.69, 9.17) is 4.74 Å². The molecule has 0 saturated carbocycles. The van der Waals surface area contributed by atoms with Crippen molar-refractivity contribution in [2.45, 2.75) is 26.0 Å². The van der Waals surface area contributed by atoms with E-state index in [9.17, 15) is 4.79 Å². The van der Waals surface area contributed by atoms with Crippen LogP contribution in [0.4, 0.5) is 0 Å². The quantitative estimate of drug-likeness (QED) is 0.697. The monoisotopic (exact) mass is 351 g/mol. The molecule has 3 aromatic rings. The van der Waals surface area contributed by atoms with Gasteiger partial charge in [-0.05, 0) is 43.0 Å². The first-order valence-electron chi connectivity index (χ1n) is 8.25. The predicted octanol–water partition coefficient (Wildman–Crippen LogP) is 4.73. The summed E-state index contributed by atoms with van der Waals surface area (Å²) in [6.07, 6.45) is -0.575. The number of amides is 1. The molecule has 1 amide bonds. The molecule has 0 aliphatic heterocycles. The molecule has 0 radical (unpaired) electrons. The molecule has 3 nitrogen and oxygen atoms in total. The van der Waals surface area contributed by atoms with Crippen LogP contribution in [-0.2, 0) is 4.79 Å². The maximum absolute atomic E-state index is 12.7. The first-order chi connectivity index (χ1) is 12.1. The largest absolute Gasteiger partial charge is 0.481 e. The van der Waals surface area contributed by atoms with E-state index in [0.717, 1.165) is 16.0 Å². The highest BCUT2D eigenvalue weighted by molar-refractivity contribution is 7.10. The summed E-state index contributed by atoms with van der Waals surface area (Å²) >= 11 is 1.63. The predicted molar refractivity (Wildman–Crippen MR) is 102 cm³/mol. The minimum atomic E-state index is -0.575. The highest BCUT2D eigenvalue weighted by Gasteiger charge is 2.22. The van der Waals surface area contributed by atoms with Crippen LogP contribution < -0.4 is 10.1 Å². The molecule has 0 aliphatic carbocycles. The number of rotatable bonds is 6. The summed E-state index contributed by atoms with van der Waals surface area (Å²) in [5.41, 5.74) is 2.21. The van der Waals surface area contributed by atoms with Gasteiger partial charge in [-0.1, -0.05) is 54.1 Å². The molecule has 25 heavy (non-hydrogen) atoms. The van der Waals surface area contributed by atoms with E-state index in [-0.39, 0.29) is 11.9 Å². The minimum absolute atomic E-state index is 0.136. The van der Waals surface area contributed by atoms with E-state index in [2.05, 4.69) is 5.32 Å². The van der Waals surface area contributed by atoms with Crippen LogP contribution in [0.15, 0.2) is 72.1 Å². The van der Waals surface area contributed by atoms with Gasteiger partial charge in [0.25, 0.3) is 5.91 Å². The van der Waals surface area contributed by atoms with E-state index in [1.807, 2.05) is 79.0 Å².